The average molecular weight is 414 g/mol. The molecule has 2 rings (SSSR count). The molecule has 0 unspecified atom stereocenters. The van der Waals surface area contributed by atoms with E-state index < -0.39 is 4.92 Å². The normalized spacial score (nSPS) is 10.6. The van der Waals surface area contributed by atoms with Gasteiger partial charge in [-0.1, -0.05) is 6.07 Å². The molecule has 0 saturated heterocycles. The van der Waals surface area contributed by atoms with Crippen LogP contribution in [0.1, 0.15) is 26.3 Å². The van der Waals surface area contributed by atoms with Gasteiger partial charge in [0.1, 0.15) is 0 Å². The van der Waals surface area contributed by atoms with Crippen molar-refractivity contribution < 1.29 is 19.2 Å². The second kappa shape index (κ2) is 11.4. The number of amides is 1. The van der Waals surface area contributed by atoms with Gasteiger partial charge in [-0.05, 0) is 50.6 Å². The van der Waals surface area contributed by atoms with Crippen molar-refractivity contribution in [2.75, 3.05) is 31.7 Å². The Balaban J connectivity index is 2.06. The van der Waals surface area contributed by atoms with Crippen molar-refractivity contribution in [1.82, 2.24) is 4.90 Å². The summed E-state index contributed by atoms with van der Waals surface area (Å²) in [6, 6.07) is 11.3. The van der Waals surface area contributed by atoms with Crippen LogP contribution in [0.5, 0.6) is 11.5 Å². The first kappa shape index (κ1) is 22.7. The summed E-state index contributed by atoms with van der Waals surface area (Å²) in [6.07, 6.45) is 1.56. The molecule has 0 aromatic heterocycles. The highest BCUT2D eigenvalue weighted by Gasteiger charge is 2.13. The van der Waals surface area contributed by atoms with E-state index in [1.165, 1.54) is 12.1 Å². The molecule has 1 N–H and O–H groups in total. The van der Waals surface area contributed by atoms with Gasteiger partial charge < -0.3 is 14.4 Å². The molecule has 0 spiro atoms. The van der Waals surface area contributed by atoms with Crippen molar-refractivity contribution >= 4 is 23.5 Å². The van der Waals surface area contributed by atoms with Crippen LogP contribution in [0.2, 0.25) is 0 Å². The molecule has 0 heterocycles. The maximum absolute atomic E-state index is 12.1. The Bertz CT molecular complexity index is 897. The molecule has 9 heteroatoms. The molecule has 2 aromatic carbocycles. The Morgan fingerprint density at radius 2 is 1.90 bits per heavy atom. The number of hydrogen-bond acceptors (Lipinski definition) is 7. The number of hydrogen-bond donors (Lipinski definition) is 1. The lowest BCUT2D eigenvalue weighted by molar-refractivity contribution is -0.384. The zero-order valence-electron chi connectivity index (χ0n) is 17.3. The third kappa shape index (κ3) is 6.47. The van der Waals surface area contributed by atoms with E-state index in [0.29, 0.717) is 36.9 Å². The highest BCUT2D eigenvalue weighted by atomic mass is 16.6. The van der Waals surface area contributed by atoms with E-state index in [0.717, 1.165) is 5.56 Å². The molecule has 1 amide bonds. The minimum absolute atomic E-state index is 0.0189. The molecular weight excluding hydrogens is 388 g/mol. The third-order valence-corrected chi connectivity index (χ3v) is 4.20. The van der Waals surface area contributed by atoms with Gasteiger partial charge in [-0.2, -0.15) is 5.10 Å². The molecule has 30 heavy (non-hydrogen) atoms. The molecule has 2 aromatic rings. The molecule has 0 radical (unpaired) electrons. The zero-order valence-corrected chi connectivity index (χ0v) is 17.3. The maximum atomic E-state index is 12.1. The second-order valence-electron chi connectivity index (χ2n) is 6.17. The first-order valence-electron chi connectivity index (χ1n) is 9.69. The van der Waals surface area contributed by atoms with E-state index in [2.05, 4.69) is 10.5 Å². The van der Waals surface area contributed by atoms with Crippen LogP contribution in [-0.2, 0) is 4.79 Å². The van der Waals surface area contributed by atoms with Crippen molar-refractivity contribution in [1.29, 1.82) is 0 Å². The number of ether oxygens (including phenoxy) is 2. The molecule has 0 bridgehead atoms. The molecule has 0 aliphatic rings. The number of rotatable bonds is 11. The Hall–Kier alpha value is -3.62. The number of likely N-dealkylation sites (N-methyl/N-ethyl adjacent to an activating group) is 1. The summed E-state index contributed by atoms with van der Waals surface area (Å²) in [7, 11) is 0. The lowest BCUT2D eigenvalue weighted by atomic mass is 10.2. The predicted octanol–water partition coefficient (Wildman–Crippen LogP) is 3.69. The van der Waals surface area contributed by atoms with Gasteiger partial charge in [0, 0.05) is 25.2 Å². The van der Waals surface area contributed by atoms with Gasteiger partial charge >= 0.3 is 0 Å². The van der Waals surface area contributed by atoms with Crippen LogP contribution < -0.4 is 14.9 Å². The zero-order chi connectivity index (χ0) is 21.9. The van der Waals surface area contributed by atoms with Crippen LogP contribution in [0.4, 0.5) is 11.4 Å². The van der Waals surface area contributed by atoms with Crippen LogP contribution in [0.3, 0.4) is 0 Å². The van der Waals surface area contributed by atoms with Gasteiger partial charge in [0.05, 0.1) is 23.4 Å². The fraction of sp³-hybridized carbons (Fsp3) is 0.333. The van der Waals surface area contributed by atoms with E-state index in [9.17, 15) is 14.9 Å². The largest absolute Gasteiger partial charge is 0.490 e. The monoisotopic (exact) mass is 414 g/mol. The highest BCUT2D eigenvalue weighted by molar-refractivity contribution is 5.82. The van der Waals surface area contributed by atoms with E-state index in [4.69, 9.17) is 9.47 Å². The fourth-order valence-electron chi connectivity index (χ4n) is 2.67. The lowest BCUT2D eigenvalue weighted by Gasteiger charge is -2.19. The number of benzene rings is 2. The smallest absolute Gasteiger partial charge is 0.271 e. The van der Waals surface area contributed by atoms with Crippen LogP contribution in [0, 0.1) is 10.1 Å². The highest BCUT2D eigenvalue weighted by Crippen LogP contribution is 2.28. The van der Waals surface area contributed by atoms with Gasteiger partial charge in [0.25, 0.3) is 11.6 Å². The standard InChI is InChI=1S/C21H26N4O5/c1-4-24(5-2)21(26)15-30-19-11-10-16(12-20(19)29-6-3)14-22-23-17-8-7-9-18(13-17)25(27)28/h7-14,23H,4-6,15H2,1-3H3. The minimum Gasteiger partial charge on any atom is -0.490 e. The third-order valence-electron chi connectivity index (χ3n) is 4.20. The molecule has 0 fully saturated rings. The fourth-order valence-corrected chi connectivity index (χ4v) is 2.67. The molecule has 0 saturated carbocycles. The van der Waals surface area contributed by atoms with Gasteiger partial charge in [0.2, 0.25) is 0 Å². The van der Waals surface area contributed by atoms with Crippen molar-refractivity contribution in [3.8, 4) is 11.5 Å². The number of carbonyl (C=O) groups excluding carboxylic acids is 1. The summed E-state index contributed by atoms with van der Waals surface area (Å²) >= 11 is 0. The van der Waals surface area contributed by atoms with E-state index in [1.807, 2.05) is 20.8 Å². The minimum atomic E-state index is -0.465. The number of carbonyl (C=O) groups is 1. The molecule has 9 nitrogen and oxygen atoms in total. The van der Waals surface area contributed by atoms with E-state index in [1.54, 1.807) is 41.4 Å². The van der Waals surface area contributed by atoms with Crippen molar-refractivity contribution in [3.63, 3.8) is 0 Å². The Morgan fingerprint density at radius 1 is 1.13 bits per heavy atom. The SMILES string of the molecule is CCOc1cc(C=NNc2cccc([N+](=O)[O-])c2)ccc1OCC(=O)N(CC)CC. The van der Waals surface area contributed by atoms with Crippen molar-refractivity contribution in [2.45, 2.75) is 20.8 Å². The number of nitro benzene ring substituents is 1. The number of nitro groups is 1. The first-order valence-corrected chi connectivity index (χ1v) is 9.69. The Labute approximate surface area is 175 Å². The summed E-state index contributed by atoms with van der Waals surface area (Å²) in [5.41, 5.74) is 3.98. The van der Waals surface area contributed by atoms with Crippen LogP contribution >= 0.6 is 0 Å². The number of nitrogens with zero attached hydrogens (tertiary/aromatic N) is 3. The van der Waals surface area contributed by atoms with E-state index in [-0.39, 0.29) is 18.2 Å². The number of anilines is 1. The van der Waals surface area contributed by atoms with Gasteiger partial charge in [-0.3, -0.25) is 20.3 Å². The molecule has 0 atom stereocenters. The number of hydrazone groups is 1. The van der Waals surface area contributed by atoms with Crippen molar-refractivity contribution in [3.05, 3.63) is 58.1 Å². The molecular formula is C21H26N4O5. The quantitative estimate of drug-likeness (QED) is 0.341. The van der Waals surface area contributed by atoms with Gasteiger partial charge in [-0.25, -0.2) is 0 Å². The summed E-state index contributed by atoms with van der Waals surface area (Å²) in [5, 5.41) is 14.9. The predicted molar refractivity (Wildman–Crippen MR) is 115 cm³/mol. The van der Waals surface area contributed by atoms with Crippen LogP contribution in [0.25, 0.3) is 0 Å². The average Bonchev–Trinajstić information content (AvgIpc) is 2.74. The van der Waals surface area contributed by atoms with Crippen LogP contribution in [0.15, 0.2) is 47.6 Å². The van der Waals surface area contributed by atoms with Gasteiger partial charge in [0.15, 0.2) is 18.1 Å². The maximum Gasteiger partial charge on any atom is 0.271 e. The topological polar surface area (TPSA) is 106 Å². The van der Waals surface area contributed by atoms with E-state index >= 15 is 0 Å². The molecule has 0 aliphatic carbocycles. The Kier molecular flexibility index (Phi) is 8.61. The Morgan fingerprint density at radius 3 is 2.57 bits per heavy atom. The summed E-state index contributed by atoms with van der Waals surface area (Å²) in [4.78, 5) is 24.2. The first-order chi connectivity index (χ1) is 14.5. The molecule has 0 aliphatic heterocycles. The number of non-ortho nitro benzene ring substituents is 1. The van der Waals surface area contributed by atoms with Crippen LogP contribution in [-0.4, -0.2) is 48.2 Å². The lowest BCUT2D eigenvalue weighted by Crippen LogP contribution is -2.34. The number of nitrogens with one attached hydrogen (secondary N) is 1. The summed E-state index contributed by atoms with van der Waals surface area (Å²) in [5.74, 6) is 0.888. The summed E-state index contributed by atoms with van der Waals surface area (Å²) in [6.45, 7) is 7.32. The summed E-state index contributed by atoms with van der Waals surface area (Å²) < 4.78 is 11.3. The van der Waals surface area contributed by atoms with Crippen molar-refractivity contribution in [2.24, 2.45) is 5.10 Å². The van der Waals surface area contributed by atoms with Gasteiger partial charge in [-0.15, -0.1) is 0 Å². The molecule has 160 valence electrons. The second-order valence-corrected chi connectivity index (χ2v) is 6.17.